The maximum Gasteiger partial charge on any atom is 0.251 e. The van der Waals surface area contributed by atoms with Gasteiger partial charge in [-0.05, 0) is 44.0 Å². The molecule has 0 atom stereocenters. The number of hydrogen-bond acceptors (Lipinski definition) is 3. The Labute approximate surface area is 101 Å². The lowest BCUT2D eigenvalue weighted by molar-refractivity contribution is -0.117. The lowest BCUT2D eigenvalue weighted by Crippen LogP contribution is -2.24. The van der Waals surface area contributed by atoms with Gasteiger partial charge in [0.25, 0.3) is 5.91 Å². The van der Waals surface area contributed by atoms with Crippen LogP contribution in [0.2, 0.25) is 0 Å². The minimum atomic E-state index is -0.104. The highest BCUT2D eigenvalue weighted by Gasteiger charge is 2.03. The lowest BCUT2D eigenvalue weighted by atomic mass is 10.1. The van der Waals surface area contributed by atoms with Crippen molar-refractivity contribution in [1.82, 2.24) is 5.32 Å². The van der Waals surface area contributed by atoms with E-state index in [2.05, 4.69) is 5.32 Å². The Kier molecular flexibility index (Phi) is 5.20. The first-order valence-corrected chi connectivity index (χ1v) is 5.73. The Balaban J connectivity index is 2.25. The third-order valence-electron chi connectivity index (χ3n) is 2.41. The normalized spacial score (nSPS) is 9.94. The van der Waals surface area contributed by atoms with Crippen molar-refractivity contribution in [2.45, 2.75) is 26.2 Å². The molecule has 0 saturated heterocycles. The molecule has 4 nitrogen and oxygen atoms in total. The van der Waals surface area contributed by atoms with Crippen molar-refractivity contribution >= 4 is 17.4 Å². The number of nitrogen functional groups attached to an aromatic ring is 1. The Bertz CT molecular complexity index is 385. The highest BCUT2D eigenvalue weighted by Crippen LogP contribution is 2.05. The van der Waals surface area contributed by atoms with Gasteiger partial charge in [0.15, 0.2) is 0 Å². The van der Waals surface area contributed by atoms with Gasteiger partial charge >= 0.3 is 0 Å². The molecule has 0 aliphatic carbocycles. The number of nitrogens with one attached hydrogen (secondary N) is 1. The highest BCUT2D eigenvalue weighted by molar-refractivity contribution is 5.94. The Morgan fingerprint density at radius 3 is 2.41 bits per heavy atom. The molecule has 0 bridgehead atoms. The monoisotopic (exact) mass is 234 g/mol. The summed E-state index contributed by atoms with van der Waals surface area (Å²) in [5, 5.41) is 2.80. The van der Waals surface area contributed by atoms with E-state index in [9.17, 15) is 9.59 Å². The third kappa shape index (κ3) is 5.15. The van der Waals surface area contributed by atoms with Gasteiger partial charge in [-0.25, -0.2) is 0 Å². The lowest BCUT2D eigenvalue weighted by Gasteiger charge is -2.04. The summed E-state index contributed by atoms with van der Waals surface area (Å²) in [5.41, 5.74) is 6.78. The maximum absolute atomic E-state index is 11.6. The van der Waals surface area contributed by atoms with Crippen LogP contribution in [-0.2, 0) is 4.79 Å². The molecule has 0 unspecified atom stereocenters. The summed E-state index contributed by atoms with van der Waals surface area (Å²) >= 11 is 0. The summed E-state index contributed by atoms with van der Waals surface area (Å²) in [6.45, 7) is 2.17. The molecule has 0 radical (unpaired) electrons. The number of nitrogens with two attached hydrogens (primary N) is 1. The van der Waals surface area contributed by atoms with Crippen LogP contribution in [0.15, 0.2) is 24.3 Å². The van der Waals surface area contributed by atoms with E-state index in [0.717, 1.165) is 12.8 Å². The predicted molar refractivity (Wildman–Crippen MR) is 67.7 cm³/mol. The Hall–Kier alpha value is -1.84. The van der Waals surface area contributed by atoms with E-state index >= 15 is 0 Å². The van der Waals surface area contributed by atoms with Gasteiger partial charge in [-0.2, -0.15) is 0 Å². The summed E-state index contributed by atoms with van der Waals surface area (Å²) in [5.74, 6) is 0.0858. The van der Waals surface area contributed by atoms with Crippen molar-refractivity contribution in [1.29, 1.82) is 0 Å². The molecule has 1 amide bonds. The molecule has 0 aliphatic heterocycles. The summed E-state index contributed by atoms with van der Waals surface area (Å²) in [4.78, 5) is 22.3. The molecule has 0 heterocycles. The minimum absolute atomic E-state index is 0.104. The van der Waals surface area contributed by atoms with E-state index in [-0.39, 0.29) is 11.7 Å². The number of Topliss-reactive ketones (excluding diaryl/α,β-unsaturated/α-hetero) is 1. The van der Waals surface area contributed by atoms with Crippen LogP contribution in [0.4, 0.5) is 5.69 Å². The highest BCUT2D eigenvalue weighted by atomic mass is 16.1. The molecule has 1 rings (SSSR count). The molecular weight excluding hydrogens is 216 g/mol. The summed E-state index contributed by atoms with van der Waals surface area (Å²) in [6, 6.07) is 6.79. The van der Waals surface area contributed by atoms with Crippen LogP contribution >= 0.6 is 0 Å². The zero-order valence-electron chi connectivity index (χ0n) is 10.0. The third-order valence-corrected chi connectivity index (χ3v) is 2.41. The van der Waals surface area contributed by atoms with Gasteiger partial charge < -0.3 is 15.8 Å². The number of hydrogen-bond donors (Lipinski definition) is 2. The van der Waals surface area contributed by atoms with Crippen LogP contribution in [0.5, 0.6) is 0 Å². The average Bonchev–Trinajstić information content (AvgIpc) is 2.29. The first-order valence-electron chi connectivity index (χ1n) is 5.73. The molecule has 0 aliphatic rings. The van der Waals surface area contributed by atoms with E-state index in [1.54, 1.807) is 31.2 Å². The second kappa shape index (κ2) is 6.68. The number of anilines is 1. The molecule has 0 aromatic heterocycles. The smallest absolute Gasteiger partial charge is 0.251 e. The van der Waals surface area contributed by atoms with Gasteiger partial charge in [0.2, 0.25) is 0 Å². The molecule has 92 valence electrons. The molecule has 17 heavy (non-hydrogen) atoms. The fourth-order valence-electron chi connectivity index (χ4n) is 1.44. The van der Waals surface area contributed by atoms with Crippen molar-refractivity contribution in [2.75, 3.05) is 12.3 Å². The fraction of sp³-hybridized carbons (Fsp3) is 0.385. The van der Waals surface area contributed by atoms with E-state index in [0.29, 0.717) is 24.2 Å². The molecule has 4 heteroatoms. The van der Waals surface area contributed by atoms with E-state index in [1.807, 2.05) is 0 Å². The molecule has 0 saturated carbocycles. The van der Waals surface area contributed by atoms with Crippen LogP contribution < -0.4 is 11.1 Å². The van der Waals surface area contributed by atoms with Gasteiger partial charge in [-0.3, -0.25) is 4.79 Å². The van der Waals surface area contributed by atoms with Crippen LogP contribution in [0.1, 0.15) is 36.5 Å². The summed E-state index contributed by atoms with van der Waals surface area (Å²) < 4.78 is 0. The molecule has 0 fully saturated rings. The first-order chi connectivity index (χ1) is 8.09. The number of rotatable bonds is 6. The van der Waals surface area contributed by atoms with Crippen LogP contribution in [0.3, 0.4) is 0 Å². The second-order valence-electron chi connectivity index (χ2n) is 4.04. The topological polar surface area (TPSA) is 72.2 Å². The zero-order valence-corrected chi connectivity index (χ0v) is 10.0. The van der Waals surface area contributed by atoms with E-state index in [4.69, 9.17) is 5.73 Å². The van der Waals surface area contributed by atoms with Gasteiger partial charge in [-0.15, -0.1) is 0 Å². The van der Waals surface area contributed by atoms with Crippen molar-refractivity contribution in [3.8, 4) is 0 Å². The Morgan fingerprint density at radius 1 is 1.18 bits per heavy atom. The minimum Gasteiger partial charge on any atom is -0.399 e. The molecule has 1 aromatic rings. The number of carbonyl (C=O) groups excluding carboxylic acids is 2. The number of unbranched alkanes of at least 4 members (excludes halogenated alkanes) is 1. The summed E-state index contributed by atoms with van der Waals surface area (Å²) in [6.07, 6.45) is 2.22. The summed E-state index contributed by atoms with van der Waals surface area (Å²) in [7, 11) is 0. The number of carbonyl (C=O) groups is 2. The number of benzene rings is 1. The zero-order chi connectivity index (χ0) is 12.7. The predicted octanol–water partition coefficient (Wildman–Crippen LogP) is 1.76. The molecule has 1 aromatic carbocycles. The van der Waals surface area contributed by atoms with E-state index < -0.39 is 0 Å². The van der Waals surface area contributed by atoms with Crippen molar-refractivity contribution < 1.29 is 9.59 Å². The van der Waals surface area contributed by atoms with Gasteiger partial charge in [0, 0.05) is 24.2 Å². The van der Waals surface area contributed by atoms with Gasteiger partial charge in [-0.1, -0.05) is 0 Å². The van der Waals surface area contributed by atoms with E-state index in [1.165, 1.54) is 0 Å². The molecule has 0 spiro atoms. The standard InChI is InChI=1S/C13H18N2O2/c1-10(16)4-2-3-9-15-13(17)11-5-7-12(14)8-6-11/h5-8H,2-4,9,14H2,1H3,(H,15,17). The maximum atomic E-state index is 11.6. The largest absolute Gasteiger partial charge is 0.399 e. The average molecular weight is 234 g/mol. The van der Waals surface area contributed by atoms with Crippen molar-refractivity contribution in [3.05, 3.63) is 29.8 Å². The van der Waals surface area contributed by atoms with Crippen molar-refractivity contribution in [3.63, 3.8) is 0 Å². The fourth-order valence-corrected chi connectivity index (χ4v) is 1.44. The van der Waals surface area contributed by atoms with Gasteiger partial charge in [0.05, 0.1) is 0 Å². The Morgan fingerprint density at radius 2 is 1.82 bits per heavy atom. The van der Waals surface area contributed by atoms with Crippen LogP contribution in [0.25, 0.3) is 0 Å². The van der Waals surface area contributed by atoms with Crippen LogP contribution in [0, 0.1) is 0 Å². The van der Waals surface area contributed by atoms with Gasteiger partial charge in [0.1, 0.15) is 5.78 Å². The molecular formula is C13H18N2O2. The first kappa shape index (κ1) is 13.2. The number of amides is 1. The van der Waals surface area contributed by atoms with Crippen molar-refractivity contribution in [2.24, 2.45) is 0 Å². The second-order valence-corrected chi connectivity index (χ2v) is 4.04. The molecule has 3 N–H and O–H groups in total. The van der Waals surface area contributed by atoms with Crippen LogP contribution in [-0.4, -0.2) is 18.2 Å². The quantitative estimate of drug-likeness (QED) is 0.582. The SMILES string of the molecule is CC(=O)CCCCNC(=O)c1ccc(N)cc1. The number of ketones is 1.